The minimum Gasteiger partial charge on any atom is -0.496 e. The third-order valence-corrected chi connectivity index (χ3v) is 5.47. The first-order valence-corrected chi connectivity index (χ1v) is 10.1. The first-order chi connectivity index (χ1) is 13.5. The van der Waals surface area contributed by atoms with Crippen molar-refractivity contribution in [2.75, 3.05) is 40.8 Å². The van der Waals surface area contributed by atoms with E-state index in [4.69, 9.17) is 4.74 Å². The minimum atomic E-state index is 0.0983. The molecule has 6 heteroatoms. The van der Waals surface area contributed by atoms with E-state index in [1.165, 1.54) is 0 Å². The van der Waals surface area contributed by atoms with Crippen LogP contribution in [0.3, 0.4) is 0 Å². The Balaban J connectivity index is 1.68. The van der Waals surface area contributed by atoms with Gasteiger partial charge in [0.05, 0.1) is 7.11 Å². The summed E-state index contributed by atoms with van der Waals surface area (Å²) in [4.78, 5) is 21.9. The lowest BCUT2D eigenvalue weighted by molar-refractivity contribution is 0.0703. The van der Waals surface area contributed by atoms with Gasteiger partial charge in [0.15, 0.2) is 0 Å². The third-order valence-electron chi connectivity index (χ3n) is 5.47. The van der Waals surface area contributed by atoms with Crippen LogP contribution in [0.4, 0.5) is 0 Å². The Bertz CT molecular complexity index is 800. The summed E-state index contributed by atoms with van der Waals surface area (Å²) in [5.41, 5.74) is 1.71. The Hall–Kier alpha value is -2.34. The van der Waals surface area contributed by atoms with Gasteiger partial charge in [0.1, 0.15) is 11.6 Å². The van der Waals surface area contributed by atoms with Crippen LogP contribution in [0.25, 0.3) is 0 Å². The first-order valence-electron chi connectivity index (χ1n) is 10.1. The molecule has 1 aromatic heterocycles. The van der Waals surface area contributed by atoms with Gasteiger partial charge in [0.2, 0.25) is 0 Å². The van der Waals surface area contributed by atoms with E-state index < -0.39 is 0 Å². The fourth-order valence-electron chi connectivity index (χ4n) is 3.99. The van der Waals surface area contributed by atoms with Crippen LogP contribution >= 0.6 is 0 Å². The normalized spacial score (nSPS) is 17.2. The highest BCUT2D eigenvalue weighted by atomic mass is 16.5. The number of carbonyl (C=O) groups excluding carboxylic acids is 1. The van der Waals surface area contributed by atoms with E-state index in [1.807, 2.05) is 36.2 Å². The molecule has 152 valence electrons. The van der Waals surface area contributed by atoms with Crippen molar-refractivity contribution in [1.82, 2.24) is 19.4 Å². The van der Waals surface area contributed by atoms with E-state index in [9.17, 15) is 4.79 Å². The van der Waals surface area contributed by atoms with E-state index in [0.29, 0.717) is 5.92 Å². The molecular formula is C22H32N4O2. The number of benzene rings is 1. The van der Waals surface area contributed by atoms with Crippen LogP contribution in [0.15, 0.2) is 30.6 Å². The van der Waals surface area contributed by atoms with Gasteiger partial charge in [0, 0.05) is 43.5 Å². The second-order valence-electron chi connectivity index (χ2n) is 7.91. The molecule has 0 spiro atoms. The number of carbonyl (C=O) groups is 1. The molecule has 1 atom stereocenters. The van der Waals surface area contributed by atoms with Crippen molar-refractivity contribution in [2.24, 2.45) is 0 Å². The van der Waals surface area contributed by atoms with Crippen molar-refractivity contribution in [1.29, 1.82) is 0 Å². The van der Waals surface area contributed by atoms with Crippen LogP contribution in [0.1, 0.15) is 46.9 Å². The quantitative estimate of drug-likeness (QED) is 0.736. The number of likely N-dealkylation sites (tertiary alicyclic amines) is 1. The van der Waals surface area contributed by atoms with E-state index in [0.717, 1.165) is 68.1 Å². The highest BCUT2D eigenvalue weighted by molar-refractivity contribution is 5.94. The van der Waals surface area contributed by atoms with Crippen LogP contribution in [-0.2, 0) is 6.54 Å². The number of methoxy groups -OCH3 is 1. The van der Waals surface area contributed by atoms with Crippen molar-refractivity contribution < 1.29 is 9.53 Å². The lowest BCUT2D eigenvalue weighted by Gasteiger charge is -2.33. The van der Waals surface area contributed by atoms with Gasteiger partial charge in [-0.05, 0) is 70.6 Å². The standard InChI is InChI=1S/C22H32N4O2/c1-17-15-18(8-9-20(17)28-4)22(27)26-12-5-7-19(16-26)21-23-10-14-25(21)13-6-11-24(2)3/h8-10,14-15,19H,5-7,11-13,16H2,1-4H3/t19-/m0/s1. The zero-order valence-corrected chi connectivity index (χ0v) is 17.5. The highest BCUT2D eigenvalue weighted by Gasteiger charge is 2.28. The first kappa shape index (κ1) is 20.4. The lowest BCUT2D eigenvalue weighted by atomic mass is 9.96. The van der Waals surface area contributed by atoms with E-state index in [2.05, 4.69) is 34.7 Å². The minimum absolute atomic E-state index is 0.0983. The second kappa shape index (κ2) is 9.24. The number of rotatable bonds is 7. The van der Waals surface area contributed by atoms with Gasteiger partial charge in [-0.2, -0.15) is 0 Å². The number of aromatic nitrogens is 2. The Morgan fingerprint density at radius 3 is 2.89 bits per heavy atom. The van der Waals surface area contributed by atoms with Crippen molar-refractivity contribution >= 4 is 5.91 Å². The molecule has 2 aromatic rings. The molecule has 1 aromatic carbocycles. The highest BCUT2D eigenvalue weighted by Crippen LogP contribution is 2.28. The monoisotopic (exact) mass is 384 g/mol. The van der Waals surface area contributed by atoms with Crippen LogP contribution < -0.4 is 4.74 Å². The molecule has 0 aliphatic carbocycles. The summed E-state index contributed by atoms with van der Waals surface area (Å²) in [7, 11) is 5.85. The SMILES string of the molecule is COc1ccc(C(=O)N2CCC[C@H](c3nccn3CCCN(C)C)C2)cc1C. The summed E-state index contributed by atoms with van der Waals surface area (Å²) in [6.45, 7) is 5.54. The lowest BCUT2D eigenvalue weighted by Crippen LogP contribution is -2.39. The number of piperidine rings is 1. The summed E-state index contributed by atoms with van der Waals surface area (Å²) in [6, 6.07) is 5.66. The van der Waals surface area contributed by atoms with Crippen LogP contribution in [0, 0.1) is 6.92 Å². The van der Waals surface area contributed by atoms with Gasteiger partial charge in [-0.1, -0.05) is 0 Å². The van der Waals surface area contributed by atoms with Gasteiger partial charge in [-0.15, -0.1) is 0 Å². The summed E-state index contributed by atoms with van der Waals surface area (Å²) in [5.74, 6) is 2.32. The van der Waals surface area contributed by atoms with Gasteiger partial charge < -0.3 is 19.1 Å². The van der Waals surface area contributed by atoms with Crippen LogP contribution in [-0.4, -0.2) is 66.1 Å². The summed E-state index contributed by atoms with van der Waals surface area (Å²) in [5, 5.41) is 0. The Labute approximate surface area is 168 Å². The van der Waals surface area contributed by atoms with Gasteiger partial charge in [0.25, 0.3) is 5.91 Å². The number of imidazole rings is 1. The second-order valence-corrected chi connectivity index (χ2v) is 7.91. The maximum absolute atomic E-state index is 13.1. The molecule has 1 saturated heterocycles. The fraction of sp³-hybridized carbons (Fsp3) is 0.545. The predicted octanol–water partition coefficient (Wildman–Crippen LogP) is 3.17. The smallest absolute Gasteiger partial charge is 0.253 e. The maximum Gasteiger partial charge on any atom is 0.253 e. The molecule has 1 fully saturated rings. The molecule has 1 aliphatic heterocycles. The molecule has 3 rings (SSSR count). The average molecular weight is 385 g/mol. The van der Waals surface area contributed by atoms with Gasteiger partial charge in [-0.25, -0.2) is 4.98 Å². The number of hydrogen-bond acceptors (Lipinski definition) is 4. The van der Waals surface area contributed by atoms with Crippen molar-refractivity contribution in [3.8, 4) is 5.75 Å². The molecule has 0 saturated carbocycles. The number of ether oxygens (including phenoxy) is 1. The predicted molar refractivity (Wildman–Crippen MR) is 111 cm³/mol. The summed E-state index contributed by atoms with van der Waals surface area (Å²) < 4.78 is 7.58. The number of hydrogen-bond donors (Lipinski definition) is 0. The molecule has 0 N–H and O–H groups in total. The fourth-order valence-corrected chi connectivity index (χ4v) is 3.99. The molecule has 2 heterocycles. The Morgan fingerprint density at radius 2 is 2.18 bits per heavy atom. The van der Waals surface area contributed by atoms with Crippen molar-refractivity contribution in [3.63, 3.8) is 0 Å². The molecule has 28 heavy (non-hydrogen) atoms. The molecule has 0 radical (unpaired) electrons. The number of aryl methyl sites for hydroxylation is 2. The Morgan fingerprint density at radius 1 is 1.36 bits per heavy atom. The number of amides is 1. The molecule has 6 nitrogen and oxygen atoms in total. The summed E-state index contributed by atoms with van der Waals surface area (Å²) >= 11 is 0. The largest absolute Gasteiger partial charge is 0.496 e. The van der Waals surface area contributed by atoms with Crippen LogP contribution in [0.5, 0.6) is 5.75 Å². The zero-order chi connectivity index (χ0) is 20.1. The third kappa shape index (κ3) is 4.73. The molecule has 0 bridgehead atoms. The molecule has 1 amide bonds. The molecule has 1 aliphatic rings. The van der Waals surface area contributed by atoms with Gasteiger partial charge in [-0.3, -0.25) is 4.79 Å². The van der Waals surface area contributed by atoms with Gasteiger partial charge >= 0.3 is 0 Å². The number of nitrogens with zero attached hydrogens (tertiary/aromatic N) is 4. The molecule has 0 unspecified atom stereocenters. The maximum atomic E-state index is 13.1. The molecular weight excluding hydrogens is 352 g/mol. The van der Waals surface area contributed by atoms with E-state index in [-0.39, 0.29) is 5.91 Å². The van der Waals surface area contributed by atoms with Crippen LogP contribution in [0.2, 0.25) is 0 Å². The zero-order valence-electron chi connectivity index (χ0n) is 17.5. The van der Waals surface area contributed by atoms with E-state index in [1.54, 1.807) is 7.11 Å². The average Bonchev–Trinajstić information content (AvgIpc) is 3.15. The Kier molecular flexibility index (Phi) is 6.73. The van der Waals surface area contributed by atoms with Crippen molar-refractivity contribution in [3.05, 3.63) is 47.5 Å². The van der Waals surface area contributed by atoms with E-state index >= 15 is 0 Å². The van der Waals surface area contributed by atoms with Crippen molar-refractivity contribution in [2.45, 2.75) is 38.6 Å². The summed E-state index contributed by atoms with van der Waals surface area (Å²) in [6.07, 6.45) is 7.14. The topological polar surface area (TPSA) is 50.6 Å².